The Morgan fingerprint density at radius 2 is 0.508 bits per heavy atom. The number of hydrogen-bond acceptors (Lipinski definition) is 3. The number of halogens is 36. The fourth-order valence-electron chi connectivity index (χ4n) is 3.75. The Morgan fingerprint density at radius 1 is 0.349 bits per heavy atom. The van der Waals surface area contributed by atoms with Crippen molar-refractivity contribution in [2.45, 2.75) is 130 Å². The highest BCUT2D eigenvalue weighted by Gasteiger charge is 2.97. The van der Waals surface area contributed by atoms with Gasteiger partial charge in [-0.1, -0.05) is 23.5 Å². The van der Waals surface area contributed by atoms with Crippen LogP contribution < -0.4 is 0 Å². The van der Waals surface area contributed by atoms with Crippen molar-refractivity contribution in [3.8, 4) is 0 Å². The van der Waals surface area contributed by atoms with Crippen molar-refractivity contribution in [2.75, 3.05) is 0 Å². The molecule has 0 aliphatic rings. The average molecular weight is 1070 g/mol. The van der Waals surface area contributed by atoms with Crippen LogP contribution in [0, 0.1) is 0 Å². The summed E-state index contributed by atoms with van der Waals surface area (Å²) in [5, 5.41) is 9.02. The van der Waals surface area contributed by atoms with Crippen molar-refractivity contribution in [3.05, 3.63) is 0 Å². The molecule has 0 radical (unpaired) electrons. The van der Waals surface area contributed by atoms with Crippen LogP contribution in [0.15, 0.2) is 0 Å². The summed E-state index contributed by atoms with van der Waals surface area (Å²) in [6, 6.07) is 0. The Morgan fingerprint density at radius 3 is 0.667 bits per heavy atom. The van der Waals surface area contributed by atoms with Gasteiger partial charge in [-0.3, -0.25) is 0 Å². The molecule has 0 spiro atoms. The number of alkyl halides is 36. The molecule has 0 amide bonds. The summed E-state index contributed by atoms with van der Waals surface area (Å²) in [5.41, 5.74) is -9.56. The van der Waals surface area contributed by atoms with Gasteiger partial charge in [0, 0.05) is 0 Å². The van der Waals surface area contributed by atoms with Crippen LogP contribution >= 0.6 is 23.5 Å². The highest BCUT2D eigenvalue weighted by Crippen LogP contribution is 2.67. The maximum absolute atomic E-state index is 14.4. The topological polar surface area (TPSA) is 37.3 Å². The van der Waals surface area contributed by atoms with Gasteiger partial charge in [-0.25, -0.2) is 13.6 Å². The Kier molecular flexibility index (Phi) is 15.6. The molecule has 2 unspecified atom stereocenters. The van der Waals surface area contributed by atoms with Gasteiger partial charge in [-0.2, -0.15) is 149 Å². The minimum atomic E-state index is -9.24. The summed E-state index contributed by atoms with van der Waals surface area (Å²) < 4.78 is 480. The molecule has 0 bridgehead atoms. The quantitative estimate of drug-likeness (QED) is 0.0918. The molecule has 0 fully saturated rings. The largest absolute Gasteiger partial charge is 0.480 e. The number of carboxylic acids is 1. The second-order valence-electron chi connectivity index (χ2n) is 12.0. The van der Waals surface area contributed by atoms with Crippen LogP contribution in [0.4, 0.5) is 158 Å². The van der Waals surface area contributed by atoms with Crippen LogP contribution in [0.2, 0.25) is 0 Å². The van der Waals surface area contributed by atoms with Crippen LogP contribution in [0.5, 0.6) is 0 Å². The molecule has 0 aromatic heterocycles. The fraction of sp³-hybridized carbons (Fsp3) is 0.957. The highest BCUT2D eigenvalue weighted by atomic mass is 32.2. The molecule has 2 atom stereocenters. The van der Waals surface area contributed by atoms with Gasteiger partial charge >= 0.3 is 101 Å². The molecule has 0 rings (SSSR count). The van der Waals surface area contributed by atoms with Gasteiger partial charge in [-0.05, 0) is 6.92 Å². The Bertz CT molecular complexity index is 1520. The number of rotatable bonds is 21. The molecule has 2 nitrogen and oxygen atoms in total. The third-order valence-electron chi connectivity index (χ3n) is 7.50. The van der Waals surface area contributed by atoms with Crippen molar-refractivity contribution in [1.29, 1.82) is 0 Å². The van der Waals surface area contributed by atoms with Gasteiger partial charge in [0.05, 0.1) is 12.8 Å². The Balaban J connectivity index is 6.83. The minimum absolute atomic E-state index is 0.588. The summed E-state index contributed by atoms with van der Waals surface area (Å²) in [6.45, 7) is -0.588. The van der Waals surface area contributed by atoms with Crippen LogP contribution in [0.25, 0.3) is 0 Å². The lowest BCUT2D eigenvalue weighted by atomic mass is 9.88. The summed E-state index contributed by atoms with van der Waals surface area (Å²) in [5.74, 6) is -126. The molecule has 0 aromatic rings. The summed E-state index contributed by atoms with van der Waals surface area (Å²) in [7, 11) is 0. The van der Waals surface area contributed by atoms with E-state index in [4.69, 9.17) is 5.11 Å². The van der Waals surface area contributed by atoms with Gasteiger partial charge in [0.1, 0.15) is 0 Å². The SMILES string of the molecule is CC(SC(F)CC(F)(F)C(F)(F)C(F)(F)C(F)(F)C(F)(F)C(F)(F)C(F)(F)C(F)(F)F)(SC(F)CC(F)(F)C(F)(F)C(F)(F)C(F)(F)C(F)(F)C(F)(F)C(F)(F)C(F)(F)F)C(=O)O. The van der Waals surface area contributed by atoms with Crippen molar-refractivity contribution in [1.82, 2.24) is 0 Å². The number of aliphatic carboxylic acids is 1. The number of carbonyl (C=O) groups is 1. The molecule has 0 heterocycles. The summed E-state index contributed by atoms with van der Waals surface area (Å²) in [6.07, 6.45) is -24.8. The van der Waals surface area contributed by atoms with E-state index in [9.17, 15) is 163 Å². The van der Waals surface area contributed by atoms with Gasteiger partial charge in [0.25, 0.3) is 0 Å². The molecule has 0 saturated carbocycles. The first-order chi connectivity index (χ1) is 26.6. The monoisotopic (exact) mass is 1070 g/mol. The summed E-state index contributed by atoms with van der Waals surface area (Å²) in [4.78, 5) is 11.4. The molecule has 0 saturated heterocycles. The zero-order valence-electron chi connectivity index (χ0n) is 27.8. The second-order valence-corrected chi connectivity index (χ2v) is 15.4. The molecule has 40 heteroatoms. The smallest absolute Gasteiger partial charge is 0.460 e. The molecule has 0 aromatic carbocycles. The first-order valence-corrected chi connectivity index (χ1v) is 15.7. The van der Waals surface area contributed by atoms with Gasteiger partial charge in [0.2, 0.25) is 0 Å². The maximum atomic E-state index is 14.4. The molecule has 378 valence electrons. The van der Waals surface area contributed by atoms with Gasteiger partial charge < -0.3 is 5.11 Å². The zero-order chi connectivity index (χ0) is 52.1. The van der Waals surface area contributed by atoms with Crippen LogP contribution in [-0.4, -0.2) is 121 Å². The van der Waals surface area contributed by atoms with Crippen LogP contribution in [0.1, 0.15) is 19.8 Å². The molecular formula is C23H10F36O2S2. The number of carboxylic acid groups (broad SMARTS) is 1. The molecule has 63 heavy (non-hydrogen) atoms. The maximum Gasteiger partial charge on any atom is 0.460 e. The minimum Gasteiger partial charge on any atom is -0.480 e. The van der Waals surface area contributed by atoms with E-state index < -0.39 is 160 Å². The average Bonchev–Trinajstić information content (AvgIpc) is 3.01. The Hall–Kier alpha value is -2.35. The summed E-state index contributed by atoms with van der Waals surface area (Å²) >= 11 is -4.03. The second kappa shape index (κ2) is 16.2. The number of hydrogen-bond donors (Lipinski definition) is 1. The predicted molar refractivity (Wildman–Crippen MR) is 132 cm³/mol. The van der Waals surface area contributed by atoms with E-state index >= 15 is 0 Å². The van der Waals surface area contributed by atoms with Crippen molar-refractivity contribution < 1.29 is 168 Å². The van der Waals surface area contributed by atoms with Gasteiger partial charge in [-0.15, -0.1) is 0 Å². The van der Waals surface area contributed by atoms with E-state index in [2.05, 4.69) is 0 Å². The lowest BCUT2D eigenvalue weighted by Crippen LogP contribution is -2.74. The van der Waals surface area contributed by atoms with Crippen molar-refractivity contribution in [2.24, 2.45) is 0 Å². The van der Waals surface area contributed by atoms with Crippen molar-refractivity contribution in [3.63, 3.8) is 0 Å². The molecular weight excluding hydrogens is 1060 g/mol. The Labute approximate surface area is 328 Å². The first-order valence-electron chi connectivity index (χ1n) is 13.9. The third kappa shape index (κ3) is 8.85. The highest BCUT2D eigenvalue weighted by molar-refractivity contribution is 8.19. The molecule has 0 aliphatic heterocycles. The molecule has 0 aliphatic carbocycles. The van der Waals surface area contributed by atoms with E-state index in [0.717, 1.165) is 0 Å². The van der Waals surface area contributed by atoms with Crippen molar-refractivity contribution >= 4 is 29.5 Å². The van der Waals surface area contributed by atoms with Gasteiger partial charge in [0.15, 0.2) is 15.1 Å². The third-order valence-corrected chi connectivity index (χ3v) is 10.2. The lowest BCUT2D eigenvalue weighted by Gasteiger charge is -2.43. The molecule has 1 N–H and O–H groups in total. The van der Waals surface area contributed by atoms with E-state index in [1.165, 1.54) is 0 Å². The zero-order valence-corrected chi connectivity index (χ0v) is 29.5. The van der Waals surface area contributed by atoms with E-state index in [-0.39, 0.29) is 0 Å². The van der Waals surface area contributed by atoms with E-state index in [1.54, 1.807) is 0 Å². The first kappa shape index (κ1) is 60.6. The number of thioether (sulfide) groups is 2. The lowest BCUT2D eigenvalue weighted by molar-refractivity contribution is -0.461. The fourth-order valence-corrected chi connectivity index (χ4v) is 6.36. The van der Waals surface area contributed by atoms with E-state index in [1.807, 2.05) is 0 Å². The van der Waals surface area contributed by atoms with Crippen LogP contribution in [-0.2, 0) is 4.79 Å². The predicted octanol–water partition coefficient (Wildman–Crippen LogP) is 13.6. The normalized spacial score (nSPS) is 18.3. The standard InChI is InChI=1S/C23H10F36O2S2/c1-7(6(60)61,62-4(24)2-8(26,27)10(30,31)12(34,35)14(38,39)16(42,43)18(46,47)20(50,51)22(54,55)56)63-5(25)3-9(28,29)11(32,33)13(36,37)15(40,41)17(44,45)19(48,49)21(52,53)23(57,58)59/h4-5H,2-3H2,1H3,(H,60,61). The van der Waals surface area contributed by atoms with E-state index in [0.29, 0.717) is 0 Å². The van der Waals surface area contributed by atoms with Crippen LogP contribution in [0.3, 0.4) is 0 Å².